The van der Waals surface area contributed by atoms with E-state index in [2.05, 4.69) is 31.4 Å². The maximum absolute atomic E-state index is 12.3. The van der Waals surface area contributed by atoms with Crippen LogP contribution in [0.1, 0.15) is 59.3 Å². The van der Waals surface area contributed by atoms with Gasteiger partial charge in [0.25, 0.3) is 0 Å². The molecule has 1 unspecified atom stereocenters. The van der Waals surface area contributed by atoms with Gasteiger partial charge in [0.15, 0.2) is 0 Å². The highest BCUT2D eigenvalue weighted by atomic mass is 35.5. The van der Waals surface area contributed by atoms with Gasteiger partial charge in [0, 0.05) is 32.0 Å². The fourth-order valence-electron chi connectivity index (χ4n) is 3.91. The lowest BCUT2D eigenvalue weighted by atomic mass is 9.84. The Kier molecular flexibility index (Phi) is 9.80. The van der Waals surface area contributed by atoms with Gasteiger partial charge < -0.3 is 15.5 Å². The summed E-state index contributed by atoms with van der Waals surface area (Å²) in [5.74, 6) is 1.99. The summed E-state index contributed by atoms with van der Waals surface area (Å²) >= 11 is 0. The fraction of sp³-hybridized carbons (Fsp3) is 0.895. The molecular weight excluding hydrogens is 338 g/mol. The van der Waals surface area contributed by atoms with Crippen LogP contribution < -0.4 is 10.6 Å². The largest absolute Gasteiger partial charge is 0.353 e. The van der Waals surface area contributed by atoms with Crippen LogP contribution in [-0.4, -0.2) is 48.9 Å². The third kappa shape index (κ3) is 7.53. The van der Waals surface area contributed by atoms with Gasteiger partial charge in [0.05, 0.1) is 0 Å². The molecular formula is C19H36ClN3O2. The van der Waals surface area contributed by atoms with Gasteiger partial charge in [-0.05, 0) is 56.5 Å². The van der Waals surface area contributed by atoms with Crippen LogP contribution in [0, 0.1) is 17.8 Å². The summed E-state index contributed by atoms with van der Waals surface area (Å²) in [4.78, 5) is 26.4. The van der Waals surface area contributed by atoms with Crippen molar-refractivity contribution in [3.8, 4) is 0 Å². The second-order valence-electron chi connectivity index (χ2n) is 8.09. The predicted molar refractivity (Wildman–Crippen MR) is 104 cm³/mol. The average Bonchev–Trinajstić information content (AvgIpc) is 2.55. The number of nitrogens with one attached hydrogen (secondary N) is 2. The Bertz CT molecular complexity index is 417. The van der Waals surface area contributed by atoms with Crippen molar-refractivity contribution in [2.75, 3.05) is 26.2 Å². The number of carbonyl (C=O) groups is 2. The summed E-state index contributed by atoms with van der Waals surface area (Å²) in [6.45, 7) is 10.1. The number of amides is 2. The molecule has 2 amide bonds. The molecule has 0 spiro atoms. The first kappa shape index (κ1) is 22.2. The summed E-state index contributed by atoms with van der Waals surface area (Å²) in [5, 5.41) is 6.58. The maximum atomic E-state index is 12.3. The molecule has 2 saturated heterocycles. The van der Waals surface area contributed by atoms with E-state index in [4.69, 9.17) is 0 Å². The highest BCUT2D eigenvalue weighted by Crippen LogP contribution is 2.24. The summed E-state index contributed by atoms with van der Waals surface area (Å²) < 4.78 is 0. The zero-order chi connectivity index (χ0) is 17.5. The maximum Gasteiger partial charge on any atom is 0.222 e. The van der Waals surface area contributed by atoms with Gasteiger partial charge in [-0.1, -0.05) is 20.8 Å². The van der Waals surface area contributed by atoms with Crippen LogP contribution in [0.5, 0.6) is 0 Å². The lowest BCUT2D eigenvalue weighted by Crippen LogP contribution is -2.47. The van der Waals surface area contributed by atoms with Crippen LogP contribution in [0.25, 0.3) is 0 Å². The molecule has 1 atom stereocenters. The number of carbonyl (C=O) groups excluding carboxylic acids is 2. The van der Waals surface area contributed by atoms with Crippen molar-refractivity contribution in [1.29, 1.82) is 0 Å². The van der Waals surface area contributed by atoms with Gasteiger partial charge in [0.2, 0.25) is 11.8 Å². The molecule has 0 aromatic heterocycles. The first-order valence-electron chi connectivity index (χ1n) is 9.73. The zero-order valence-electron chi connectivity index (χ0n) is 16.1. The molecule has 6 heteroatoms. The molecule has 0 bridgehead atoms. The van der Waals surface area contributed by atoms with E-state index >= 15 is 0 Å². The van der Waals surface area contributed by atoms with Gasteiger partial charge in [0.1, 0.15) is 0 Å². The van der Waals surface area contributed by atoms with Crippen molar-refractivity contribution in [2.45, 2.75) is 65.3 Å². The summed E-state index contributed by atoms with van der Waals surface area (Å²) in [7, 11) is 0. The van der Waals surface area contributed by atoms with Gasteiger partial charge in [-0.15, -0.1) is 12.4 Å². The van der Waals surface area contributed by atoms with Crippen molar-refractivity contribution in [3.63, 3.8) is 0 Å². The Morgan fingerprint density at radius 3 is 2.20 bits per heavy atom. The molecule has 2 heterocycles. The first-order valence-corrected chi connectivity index (χ1v) is 9.73. The SMILES string of the molecule is CC(C)CC(=O)N1CCC(NC(=O)CC(C)C2CCNCC2)CC1.Cl. The first-order chi connectivity index (χ1) is 11.5. The Morgan fingerprint density at radius 2 is 1.64 bits per heavy atom. The van der Waals surface area contributed by atoms with E-state index in [1.54, 1.807) is 0 Å². The molecule has 25 heavy (non-hydrogen) atoms. The number of hydrogen-bond donors (Lipinski definition) is 2. The predicted octanol–water partition coefficient (Wildman–Crippen LogP) is 2.59. The molecule has 0 aliphatic carbocycles. The van der Waals surface area contributed by atoms with E-state index in [9.17, 15) is 9.59 Å². The molecule has 2 aliphatic rings. The minimum atomic E-state index is 0. The molecule has 2 N–H and O–H groups in total. The fourth-order valence-corrected chi connectivity index (χ4v) is 3.91. The van der Waals surface area contributed by atoms with Crippen molar-refractivity contribution in [1.82, 2.24) is 15.5 Å². The number of piperidine rings is 2. The van der Waals surface area contributed by atoms with E-state index in [0.29, 0.717) is 30.6 Å². The molecule has 0 aromatic rings. The summed E-state index contributed by atoms with van der Waals surface area (Å²) in [5.41, 5.74) is 0. The number of rotatable bonds is 6. The van der Waals surface area contributed by atoms with Gasteiger partial charge >= 0.3 is 0 Å². The van der Waals surface area contributed by atoms with Gasteiger partial charge in [-0.2, -0.15) is 0 Å². The second kappa shape index (κ2) is 11.0. The zero-order valence-corrected chi connectivity index (χ0v) is 16.9. The Morgan fingerprint density at radius 1 is 1.04 bits per heavy atom. The van der Waals surface area contributed by atoms with Crippen LogP contribution in [0.15, 0.2) is 0 Å². The lowest BCUT2D eigenvalue weighted by molar-refractivity contribution is -0.133. The van der Waals surface area contributed by atoms with Crippen molar-refractivity contribution in [3.05, 3.63) is 0 Å². The molecule has 0 radical (unpaired) electrons. The van der Waals surface area contributed by atoms with Crippen LogP contribution in [0.4, 0.5) is 0 Å². The molecule has 146 valence electrons. The molecule has 2 rings (SSSR count). The van der Waals surface area contributed by atoms with Gasteiger partial charge in [-0.3, -0.25) is 9.59 Å². The quantitative estimate of drug-likeness (QED) is 0.752. The van der Waals surface area contributed by atoms with Crippen LogP contribution >= 0.6 is 12.4 Å². The van der Waals surface area contributed by atoms with Gasteiger partial charge in [-0.25, -0.2) is 0 Å². The van der Waals surface area contributed by atoms with Crippen molar-refractivity contribution < 1.29 is 9.59 Å². The number of halogens is 1. The second-order valence-corrected chi connectivity index (χ2v) is 8.09. The molecule has 2 aliphatic heterocycles. The molecule has 0 aromatic carbocycles. The minimum absolute atomic E-state index is 0. The summed E-state index contributed by atoms with van der Waals surface area (Å²) in [6, 6.07) is 0.237. The third-order valence-electron chi connectivity index (χ3n) is 5.49. The van der Waals surface area contributed by atoms with E-state index in [1.807, 2.05) is 4.90 Å². The highest BCUT2D eigenvalue weighted by Gasteiger charge is 2.26. The van der Waals surface area contributed by atoms with Crippen molar-refractivity contribution >= 4 is 24.2 Å². The molecule has 0 saturated carbocycles. The highest BCUT2D eigenvalue weighted by molar-refractivity contribution is 5.85. The number of nitrogens with zero attached hydrogens (tertiary/aromatic N) is 1. The molecule has 5 nitrogen and oxygen atoms in total. The van der Waals surface area contributed by atoms with E-state index in [-0.39, 0.29) is 30.3 Å². The average molecular weight is 374 g/mol. The topological polar surface area (TPSA) is 61.4 Å². The van der Waals surface area contributed by atoms with E-state index < -0.39 is 0 Å². The Hall–Kier alpha value is -0.810. The van der Waals surface area contributed by atoms with E-state index in [0.717, 1.165) is 39.0 Å². The third-order valence-corrected chi connectivity index (χ3v) is 5.49. The van der Waals surface area contributed by atoms with Crippen LogP contribution in [0.2, 0.25) is 0 Å². The Balaban J connectivity index is 0.00000312. The van der Waals surface area contributed by atoms with Crippen LogP contribution in [0.3, 0.4) is 0 Å². The standard InChI is InChI=1S/C19H35N3O2.ClH/c1-14(2)12-19(24)22-10-6-17(7-11-22)21-18(23)13-15(3)16-4-8-20-9-5-16;/h14-17,20H,4-13H2,1-3H3,(H,21,23);1H. The Labute approximate surface area is 159 Å². The smallest absolute Gasteiger partial charge is 0.222 e. The van der Waals surface area contributed by atoms with Crippen molar-refractivity contribution in [2.24, 2.45) is 17.8 Å². The number of hydrogen-bond acceptors (Lipinski definition) is 3. The lowest BCUT2D eigenvalue weighted by Gasteiger charge is -2.33. The monoisotopic (exact) mass is 373 g/mol. The number of likely N-dealkylation sites (tertiary alicyclic amines) is 1. The van der Waals surface area contributed by atoms with Crippen LogP contribution in [-0.2, 0) is 9.59 Å². The van der Waals surface area contributed by atoms with E-state index in [1.165, 1.54) is 12.8 Å². The molecule has 2 fully saturated rings. The summed E-state index contributed by atoms with van der Waals surface area (Å²) in [6.07, 6.45) is 5.41. The minimum Gasteiger partial charge on any atom is -0.353 e. The normalized spacial score (nSPS) is 20.9.